The number of sulfonamides is 1. The lowest BCUT2D eigenvalue weighted by atomic mass is 10.1. The first kappa shape index (κ1) is 24.6. The molecule has 0 bridgehead atoms. The maximum absolute atomic E-state index is 12.9. The van der Waals surface area contributed by atoms with Gasteiger partial charge in [-0.2, -0.15) is 13.5 Å². The zero-order valence-corrected chi connectivity index (χ0v) is 19.9. The van der Waals surface area contributed by atoms with E-state index in [-0.39, 0.29) is 17.0 Å². The van der Waals surface area contributed by atoms with Crippen molar-refractivity contribution >= 4 is 44.7 Å². The van der Waals surface area contributed by atoms with Gasteiger partial charge in [0.1, 0.15) is 27.7 Å². The number of hydrogen-bond donors (Lipinski definition) is 2. The molecule has 0 saturated heterocycles. The average Bonchev–Trinajstić information content (AvgIpc) is 3.28. The first-order valence-corrected chi connectivity index (χ1v) is 12.2. The Kier molecular flexibility index (Phi) is 7.95. The van der Waals surface area contributed by atoms with E-state index in [1.165, 1.54) is 6.07 Å². The van der Waals surface area contributed by atoms with Gasteiger partial charge in [0.2, 0.25) is 10.0 Å². The third-order valence-corrected chi connectivity index (χ3v) is 6.75. The number of hydrogen-bond acceptors (Lipinski definition) is 9. The molecule has 176 valence electrons. The molecule has 1 aromatic heterocycles. The Morgan fingerprint density at radius 1 is 1.09 bits per heavy atom. The molecule has 1 heterocycles. The van der Waals surface area contributed by atoms with Crippen LogP contribution in [0.1, 0.15) is 19.4 Å². The molecular formula is C21H24N4O6S2. The number of esters is 1. The summed E-state index contributed by atoms with van der Waals surface area (Å²) in [6.07, 6.45) is 0. The van der Waals surface area contributed by atoms with Gasteiger partial charge in [-0.1, -0.05) is 32.0 Å². The molecule has 0 aliphatic carbocycles. The van der Waals surface area contributed by atoms with Crippen LogP contribution in [-0.2, 0) is 30.9 Å². The molecule has 3 rings (SSSR count). The van der Waals surface area contributed by atoms with E-state index in [9.17, 15) is 18.0 Å². The zero-order chi connectivity index (χ0) is 24.0. The smallest absolute Gasteiger partial charge is 0.324 e. The second-order valence-electron chi connectivity index (χ2n) is 7.46. The Bertz CT molecular complexity index is 1230. The highest BCUT2D eigenvalue weighted by Crippen LogP contribution is 2.22. The third-order valence-electron chi connectivity index (χ3n) is 4.74. The van der Waals surface area contributed by atoms with Crippen molar-refractivity contribution in [3.63, 3.8) is 0 Å². The van der Waals surface area contributed by atoms with Crippen LogP contribution in [0.25, 0.3) is 11.0 Å². The number of nitrogens with one attached hydrogen (secondary N) is 2. The molecular weight excluding hydrogens is 468 g/mol. The molecule has 10 nitrogen and oxygen atoms in total. The van der Waals surface area contributed by atoms with Crippen LogP contribution < -0.4 is 14.8 Å². The fourth-order valence-corrected chi connectivity index (χ4v) is 5.01. The molecule has 0 aliphatic heterocycles. The van der Waals surface area contributed by atoms with Crippen molar-refractivity contribution in [2.45, 2.75) is 31.3 Å². The molecule has 12 heteroatoms. The van der Waals surface area contributed by atoms with E-state index in [1.807, 2.05) is 0 Å². The lowest BCUT2D eigenvalue weighted by molar-refractivity contribution is -0.151. The van der Waals surface area contributed by atoms with Gasteiger partial charge in [0.25, 0.3) is 5.91 Å². The quantitative estimate of drug-likeness (QED) is 0.409. The molecule has 1 atom stereocenters. The Morgan fingerprint density at radius 2 is 1.82 bits per heavy atom. The van der Waals surface area contributed by atoms with Gasteiger partial charge in [-0.3, -0.25) is 9.59 Å². The zero-order valence-electron chi connectivity index (χ0n) is 18.3. The van der Waals surface area contributed by atoms with Crippen LogP contribution in [0, 0.1) is 5.92 Å². The van der Waals surface area contributed by atoms with E-state index < -0.39 is 40.5 Å². The molecule has 33 heavy (non-hydrogen) atoms. The van der Waals surface area contributed by atoms with Gasteiger partial charge in [-0.15, -0.1) is 0 Å². The highest BCUT2D eigenvalue weighted by molar-refractivity contribution is 7.89. The van der Waals surface area contributed by atoms with Crippen LogP contribution in [0.15, 0.2) is 47.4 Å². The Labute approximate surface area is 195 Å². The number of nitrogens with zero attached hydrogens (tertiary/aromatic N) is 2. The van der Waals surface area contributed by atoms with E-state index in [0.717, 1.165) is 17.3 Å². The molecule has 2 N–H and O–H groups in total. The molecule has 1 unspecified atom stereocenters. The normalized spacial score (nSPS) is 12.5. The molecule has 1 amide bonds. The minimum absolute atomic E-state index is 0.0792. The van der Waals surface area contributed by atoms with Crippen LogP contribution >= 0.6 is 11.7 Å². The fourth-order valence-electron chi connectivity index (χ4n) is 2.91. The van der Waals surface area contributed by atoms with Crippen molar-refractivity contribution in [2.24, 2.45) is 5.92 Å². The van der Waals surface area contributed by atoms with Crippen molar-refractivity contribution in [3.8, 4) is 5.75 Å². The summed E-state index contributed by atoms with van der Waals surface area (Å²) >= 11 is 0.896. The van der Waals surface area contributed by atoms with Gasteiger partial charge in [0.15, 0.2) is 6.61 Å². The number of aromatic nitrogens is 2. The number of benzene rings is 2. The Morgan fingerprint density at radius 3 is 2.48 bits per heavy atom. The predicted octanol–water partition coefficient (Wildman–Crippen LogP) is 1.86. The van der Waals surface area contributed by atoms with Crippen LogP contribution in [0.5, 0.6) is 5.75 Å². The molecule has 0 radical (unpaired) electrons. The first-order chi connectivity index (χ1) is 15.7. The standard InChI is InChI=1S/C21H24N4O6S2/c1-13(2)19(25-33(28,29)17-6-4-5-16-20(17)24-32-23-16)21(27)31-12-18(26)22-11-14-7-9-15(30-3)10-8-14/h4-10,13,19,25H,11-12H2,1-3H3,(H,22,26). The molecule has 0 spiro atoms. The molecule has 0 fully saturated rings. The number of carbonyl (C=O) groups is 2. The average molecular weight is 493 g/mol. The summed E-state index contributed by atoms with van der Waals surface area (Å²) in [6, 6.07) is 10.5. The molecule has 3 aromatic rings. The summed E-state index contributed by atoms with van der Waals surface area (Å²) < 4.78 is 46.5. The van der Waals surface area contributed by atoms with Gasteiger partial charge in [-0.05, 0) is 35.7 Å². The van der Waals surface area contributed by atoms with E-state index >= 15 is 0 Å². The second-order valence-corrected chi connectivity index (χ2v) is 9.67. The number of fused-ring (bicyclic) bond motifs is 1. The Hall–Kier alpha value is -3.09. The topological polar surface area (TPSA) is 137 Å². The third kappa shape index (κ3) is 6.24. The van der Waals surface area contributed by atoms with E-state index in [2.05, 4.69) is 18.8 Å². The SMILES string of the molecule is COc1ccc(CNC(=O)COC(=O)C(NS(=O)(=O)c2cccc3nsnc23)C(C)C)cc1. The number of methoxy groups -OCH3 is 1. The highest BCUT2D eigenvalue weighted by atomic mass is 32.2. The van der Waals surface area contributed by atoms with E-state index in [4.69, 9.17) is 9.47 Å². The van der Waals surface area contributed by atoms with Crippen molar-refractivity contribution in [1.29, 1.82) is 0 Å². The molecule has 0 aliphatic rings. The lowest BCUT2D eigenvalue weighted by Gasteiger charge is -2.20. The summed E-state index contributed by atoms with van der Waals surface area (Å²) in [7, 11) is -2.53. The van der Waals surface area contributed by atoms with Crippen LogP contribution in [0.2, 0.25) is 0 Å². The summed E-state index contributed by atoms with van der Waals surface area (Å²) in [5.74, 6) is -1.09. The molecule has 2 aromatic carbocycles. The van der Waals surface area contributed by atoms with Crippen molar-refractivity contribution in [2.75, 3.05) is 13.7 Å². The van der Waals surface area contributed by atoms with Gasteiger partial charge in [0.05, 0.1) is 18.8 Å². The maximum atomic E-state index is 12.9. The second kappa shape index (κ2) is 10.7. The van der Waals surface area contributed by atoms with Crippen molar-refractivity contribution in [3.05, 3.63) is 48.0 Å². The van der Waals surface area contributed by atoms with E-state index in [1.54, 1.807) is 57.4 Å². The summed E-state index contributed by atoms with van der Waals surface area (Å²) in [5, 5.41) is 2.64. The van der Waals surface area contributed by atoms with Gasteiger partial charge >= 0.3 is 5.97 Å². The van der Waals surface area contributed by atoms with Gasteiger partial charge in [-0.25, -0.2) is 8.42 Å². The minimum Gasteiger partial charge on any atom is -0.497 e. The van der Waals surface area contributed by atoms with Crippen molar-refractivity contribution in [1.82, 2.24) is 18.8 Å². The number of ether oxygens (including phenoxy) is 2. The molecule has 0 saturated carbocycles. The summed E-state index contributed by atoms with van der Waals surface area (Å²) in [4.78, 5) is 24.6. The van der Waals surface area contributed by atoms with Crippen molar-refractivity contribution < 1.29 is 27.5 Å². The van der Waals surface area contributed by atoms with Gasteiger partial charge in [0, 0.05) is 6.54 Å². The van der Waals surface area contributed by atoms with Crippen LogP contribution in [0.3, 0.4) is 0 Å². The summed E-state index contributed by atoms with van der Waals surface area (Å²) in [5.41, 5.74) is 1.51. The van der Waals surface area contributed by atoms with Crippen LogP contribution in [0.4, 0.5) is 0 Å². The van der Waals surface area contributed by atoms with E-state index in [0.29, 0.717) is 11.3 Å². The highest BCUT2D eigenvalue weighted by Gasteiger charge is 2.31. The Balaban J connectivity index is 1.59. The van der Waals surface area contributed by atoms with Crippen LogP contribution in [-0.4, -0.2) is 48.8 Å². The fraction of sp³-hybridized carbons (Fsp3) is 0.333. The lowest BCUT2D eigenvalue weighted by Crippen LogP contribution is -2.46. The maximum Gasteiger partial charge on any atom is 0.324 e. The number of carbonyl (C=O) groups excluding carboxylic acids is 2. The minimum atomic E-state index is -4.09. The summed E-state index contributed by atoms with van der Waals surface area (Å²) in [6.45, 7) is 3.05. The number of rotatable bonds is 10. The number of amides is 1. The van der Waals surface area contributed by atoms with Gasteiger partial charge < -0.3 is 14.8 Å². The largest absolute Gasteiger partial charge is 0.497 e. The first-order valence-electron chi connectivity index (χ1n) is 10.0. The predicted molar refractivity (Wildman–Crippen MR) is 122 cm³/mol. The monoisotopic (exact) mass is 492 g/mol.